The minimum atomic E-state index is -3.15. The van der Waals surface area contributed by atoms with E-state index in [0.29, 0.717) is 0 Å². The molecule has 2 aromatic heterocycles. The van der Waals surface area contributed by atoms with Crippen LogP contribution in [0.25, 0.3) is 22.1 Å². The second-order valence-electron chi connectivity index (χ2n) is 9.44. The van der Waals surface area contributed by atoms with E-state index >= 15 is 0 Å². The normalized spacial score (nSPS) is 13.4. The molecule has 0 saturated carbocycles. The van der Waals surface area contributed by atoms with Gasteiger partial charge in [0, 0.05) is 0 Å². The van der Waals surface area contributed by atoms with E-state index in [9.17, 15) is 0 Å². The summed E-state index contributed by atoms with van der Waals surface area (Å²) in [6.45, 7) is 14.4. The number of nitrogens with one attached hydrogen (secondary N) is 2. The van der Waals surface area contributed by atoms with Crippen LogP contribution in [0.5, 0.6) is 0 Å². The molecule has 0 aliphatic carbocycles. The molecule has 4 aromatic rings. The molecule has 2 N–H and O–H groups in total. The van der Waals surface area contributed by atoms with Gasteiger partial charge < -0.3 is 0 Å². The van der Waals surface area contributed by atoms with Crippen LogP contribution in [-0.4, -0.2) is 35.5 Å². The first-order chi connectivity index (χ1) is 13.6. The summed E-state index contributed by atoms with van der Waals surface area (Å²) in [5.41, 5.74) is 4.27. The standard InChI is InChI=1S/2C7H6N2S.2C4H9.Sn/c2*10-7-8-5-3-1-2-4-6(5)9-7;2*1-4(2)3;/h2*1-4H,(H2,8,9,10);2*1-3H3;/q;;;;+2/p-2. The molecule has 0 spiro atoms. The second kappa shape index (κ2) is 7.53. The number of benzene rings is 2. The Morgan fingerprint density at radius 3 is 1.38 bits per heavy atom. The zero-order chi connectivity index (χ0) is 20.9. The molecule has 0 radical (unpaired) electrons. The van der Waals surface area contributed by atoms with Crippen LogP contribution in [0.3, 0.4) is 0 Å². The van der Waals surface area contributed by atoms with Gasteiger partial charge in [0.1, 0.15) is 0 Å². The van der Waals surface area contributed by atoms with E-state index in [1.807, 2.05) is 30.0 Å². The molecule has 0 fully saturated rings. The van der Waals surface area contributed by atoms with Gasteiger partial charge in [0.2, 0.25) is 0 Å². The van der Waals surface area contributed by atoms with E-state index in [2.05, 4.69) is 87.9 Å². The van der Waals surface area contributed by atoms with Crippen molar-refractivity contribution in [3.63, 3.8) is 0 Å². The topological polar surface area (TPSA) is 57.4 Å². The van der Waals surface area contributed by atoms with Crippen molar-refractivity contribution in [1.29, 1.82) is 0 Å². The Morgan fingerprint density at radius 2 is 1.03 bits per heavy atom. The Hall–Kier alpha value is -1.12. The Bertz CT molecular complexity index is 993. The van der Waals surface area contributed by atoms with Gasteiger partial charge in [-0.2, -0.15) is 0 Å². The molecule has 0 saturated heterocycles. The maximum absolute atomic E-state index is 4.92. The first-order valence-corrected chi connectivity index (χ1v) is 21.3. The van der Waals surface area contributed by atoms with Crippen molar-refractivity contribution in [2.75, 3.05) is 0 Å². The molecular weight excluding hydrogens is 503 g/mol. The van der Waals surface area contributed by atoms with Crippen LogP contribution in [0, 0.1) is 0 Å². The third kappa shape index (κ3) is 3.95. The van der Waals surface area contributed by atoms with Gasteiger partial charge in [0.05, 0.1) is 0 Å². The fourth-order valence-corrected chi connectivity index (χ4v) is 34.0. The summed E-state index contributed by atoms with van der Waals surface area (Å²) < 4.78 is 0.362. The van der Waals surface area contributed by atoms with Crippen molar-refractivity contribution >= 4 is 55.6 Å². The van der Waals surface area contributed by atoms with Gasteiger partial charge in [0.15, 0.2) is 0 Å². The fraction of sp³-hybridized carbons (Fsp3) is 0.364. The molecule has 4 rings (SSSR count). The second-order valence-corrected chi connectivity index (χ2v) is 36.1. The molecule has 152 valence electrons. The van der Waals surface area contributed by atoms with E-state index in [1.54, 1.807) is 0 Å². The van der Waals surface area contributed by atoms with Crippen LogP contribution < -0.4 is 0 Å². The van der Waals surface area contributed by atoms with Crippen molar-refractivity contribution in [3.8, 4) is 0 Å². The molecule has 0 aliphatic rings. The number of imidazole rings is 2. The molecule has 7 heteroatoms. The summed E-state index contributed by atoms with van der Waals surface area (Å²) in [5.74, 6) is 0. The zero-order valence-electron chi connectivity index (χ0n) is 17.8. The maximum atomic E-state index is 4.92. The van der Waals surface area contributed by atoms with Crippen molar-refractivity contribution in [3.05, 3.63) is 48.5 Å². The average Bonchev–Trinajstić information content (AvgIpc) is 3.21. The monoisotopic (exact) mass is 532 g/mol. The molecule has 29 heavy (non-hydrogen) atoms. The molecular formula is C22H28N4S2Sn. The molecule has 2 aromatic carbocycles. The van der Waals surface area contributed by atoms with Gasteiger partial charge in [-0.25, -0.2) is 0 Å². The van der Waals surface area contributed by atoms with Crippen LogP contribution in [-0.2, 0) is 0 Å². The molecule has 0 bridgehead atoms. The van der Waals surface area contributed by atoms with Crippen LogP contribution in [0.1, 0.15) is 41.5 Å². The number of para-hydroxylation sites is 4. The molecule has 0 unspecified atom stereocenters. The van der Waals surface area contributed by atoms with Crippen molar-refractivity contribution in [2.45, 2.75) is 58.7 Å². The Kier molecular flexibility index (Phi) is 5.49. The summed E-state index contributed by atoms with van der Waals surface area (Å²) in [4.78, 5) is 17.0. The number of H-pyrrole nitrogens is 2. The fourth-order valence-electron chi connectivity index (χ4n) is 3.99. The van der Waals surface area contributed by atoms with E-state index < -0.39 is 15.6 Å². The van der Waals surface area contributed by atoms with Crippen LogP contribution >= 0.6 is 17.9 Å². The van der Waals surface area contributed by atoms with Crippen LogP contribution in [0.2, 0.25) is 6.86 Å². The van der Waals surface area contributed by atoms with Crippen LogP contribution in [0.4, 0.5) is 0 Å². The summed E-state index contributed by atoms with van der Waals surface area (Å²) in [6, 6.07) is 16.6. The molecule has 0 amide bonds. The van der Waals surface area contributed by atoms with Crippen molar-refractivity contribution in [1.82, 2.24) is 19.9 Å². The van der Waals surface area contributed by atoms with Gasteiger partial charge in [-0.1, -0.05) is 0 Å². The Labute approximate surface area is 181 Å². The van der Waals surface area contributed by atoms with E-state index in [1.165, 1.54) is 0 Å². The molecule has 0 atom stereocenters. The first-order valence-electron chi connectivity index (χ1n) is 9.87. The first kappa shape index (κ1) is 21.1. The third-order valence-electron chi connectivity index (χ3n) is 5.19. The Morgan fingerprint density at radius 1 is 0.655 bits per heavy atom. The molecule has 4 nitrogen and oxygen atoms in total. The van der Waals surface area contributed by atoms with Gasteiger partial charge in [-0.15, -0.1) is 0 Å². The van der Waals surface area contributed by atoms with Crippen molar-refractivity contribution in [2.24, 2.45) is 0 Å². The number of hydrogen-bond acceptors (Lipinski definition) is 4. The predicted octanol–water partition coefficient (Wildman–Crippen LogP) is 7.37. The molecule has 0 aliphatic heterocycles. The average molecular weight is 531 g/mol. The minimum absolute atomic E-state index is 0.181. The van der Waals surface area contributed by atoms with E-state index in [0.717, 1.165) is 32.4 Å². The predicted molar refractivity (Wildman–Crippen MR) is 129 cm³/mol. The van der Waals surface area contributed by atoms with E-state index in [4.69, 9.17) is 9.97 Å². The zero-order valence-corrected chi connectivity index (χ0v) is 22.3. The van der Waals surface area contributed by atoms with E-state index in [-0.39, 0.29) is 6.86 Å². The SMILES string of the molecule is C[C](C)(C)[Sn]([S]c1nc2ccccc2[nH]1)([S]c1nc2ccccc2[nH]1)[C](C)(C)C. The number of aromatic amines is 2. The quantitative estimate of drug-likeness (QED) is 0.270. The Balaban J connectivity index is 1.81. The summed E-state index contributed by atoms with van der Waals surface area (Å²) in [7, 11) is 4.05. The number of fused-ring (bicyclic) bond motifs is 2. The van der Waals surface area contributed by atoms with Crippen LogP contribution in [0.15, 0.2) is 58.8 Å². The number of nitrogens with zero attached hydrogens (tertiary/aromatic N) is 2. The van der Waals surface area contributed by atoms with Gasteiger partial charge in [-0.05, 0) is 0 Å². The molecule has 2 heterocycles. The van der Waals surface area contributed by atoms with Crippen molar-refractivity contribution < 1.29 is 0 Å². The summed E-state index contributed by atoms with van der Waals surface area (Å²) in [6.07, 6.45) is 0. The number of hydrogen-bond donors (Lipinski definition) is 2. The summed E-state index contributed by atoms with van der Waals surface area (Å²) >= 11 is -3.15. The number of aromatic nitrogens is 4. The third-order valence-corrected chi connectivity index (χ3v) is 45.8. The van der Waals surface area contributed by atoms with Gasteiger partial charge in [0.25, 0.3) is 0 Å². The summed E-state index contributed by atoms with van der Waals surface area (Å²) in [5, 5.41) is 2.07. The number of rotatable bonds is 4. The van der Waals surface area contributed by atoms with Gasteiger partial charge in [-0.3, -0.25) is 0 Å². The van der Waals surface area contributed by atoms with Gasteiger partial charge >= 0.3 is 183 Å².